The minimum absolute atomic E-state index is 0.169. The molecule has 0 heterocycles. The first kappa shape index (κ1) is 13.6. The van der Waals surface area contributed by atoms with Crippen LogP contribution in [-0.2, 0) is 20.4 Å². The van der Waals surface area contributed by atoms with E-state index in [0.717, 1.165) is 0 Å². The molecule has 15 heavy (non-hydrogen) atoms. The molecule has 0 aromatic heterocycles. The van der Waals surface area contributed by atoms with E-state index in [-0.39, 0.29) is 18.3 Å². The van der Waals surface area contributed by atoms with Crippen molar-refractivity contribution < 1.29 is 13.8 Å². The SMILES string of the molecule is CC(CNC(=O)C(=O)NCC#N)S(C)=O. The Bertz CT molecular complexity index is 311. The third-order valence-corrected chi connectivity index (χ3v) is 2.95. The summed E-state index contributed by atoms with van der Waals surface area (Å²) in [5.41, 5.74) is 0. The summed E-state index contributed by atoms with van der Waals surface area (Å²) in [6.07, 6.45) is 1.52. The summed E-state index contributed by atoms with van der Waals surface area (Å²) in [5, 5.41) is 12.4. The van der Waals surface area contributed by atoms with Crippen LogP contribution in [0, 0.1) is 11.3 Å². The Kier molecular flexibility index (Phi) is 6.29. The van der Waals surface area contributed by atoms with Gasteiger partial charge < -0.3 is 10.6 Å². The summed E-state index contributed by atoms with van der Waals surface area (Å²) in [6, 6.07) is 1.68. The van der Waals surface area contributed by atoms with E-state index in [9.17, 15) is 13.8 Å². The van der Waals surface area contributed by atoms with Crippen molar-refractivity contribution in [3.63, 3.8) is 0 Å². The summed E-state index contributed by atoms with van der Waals surface area (Å²) >= 11 is 0. The van der Waals surface area contributed by atoms with E-state index in [2.05, 4.69) is 10.6 Å². The molecular weight excluding hydrogens is 218 g/mol. The van der Waals surface area contributed by atoms with E-state index in [1.54, 1.807) is 13.0 Å². The third-order valence-electron chi connectivity index (χ3n) is 1.65. The van der Waals surface area contributed by atoms with Gasteiger partial charge in [-0.3, -0.25) is 13.8 Å². The van der Waals surface area contributed by atoms with Gasteiger partial charge in [0.2, 0.25) is 0 Å². The minimum atomic E-state index is -1.04. The van der Waals surface area contributed by atoms with Gasteiger partial charge in [-0.1, -0.05) is 0 Å². The Hall–Kier alpha value is -1.42. The first-order valence-corrected chi connectivity index (χ1v) is 5.86. The Balaban J connectivity index is 3.89. The molecule has 0 aliphatic carbocycles. The Labute approximate surface area is 90.5 Å². The number of nitrogens with one attached hydrogen (secondary N) is 2. The molecule has 0 rings (SSSR count). The van der Waals surface area contributed by atoms with E-state index in [1.807, 2.05) is 0 Å². The van der Waals surface area contributed by atoms with Crippen LogP contribution in [0.5, 0.6) is 0 Å². The summed E-state index contributed by atoms with van der Waals surface area (Å²) in [7, 11) is -1.04. The molecule has 0 aromatic carbocycles. The number of carbonyl (C=O) groups excluding carboxylic acids is 2. The van der Waals surface area contributed by atoms with Crippen LogP contribution in [0.25, 0.3) is 0 Å². The summed E-state index contributed by atoms with van der Waals surface area (Å²) in [4.78, 5) is 22.0. The Morgan fingerprint density at radius 2 is 1.93 bits per heavy atom. The van der Waals surface area contributed by atoms with Gasteiger partial charge in [-0.05, 0) is 6.92 Å². The van der Waals surface area contributed by atoms with Gasteiger partial charge in [0.25, 0.3) is 0 Å². The van der Waals surface area contributed by atoms with Crippen LogP contribution >= 0.6 is 0 Å². The van der Waals surface area contributed by atoms with Gasteiger partial charge in [0.1, 0.15) is 6.54 Å². The highest BCUT2D eigenvalue weighted by Crippen LogP contribution is 1.89. The van der Waals surface area contributed by atoms with Crippen molar-refractivity contribution in [2.45, 2.75) is 12.2 Å². The van der Waals surface area contributed by atoms with Crippen LogP contribution in [0.3, 0.4) is 0 Å². The Morgan fingerprint density at radius 3 is 2.40 bits per heavy atom. The maximum atomic E-state index is 11.0. The first-order chi connectivity index (χ1) is 6.99. The molecule has 0 bridgehead atoms. The zero-order chi connectivity index (χ0) is 11.8. The molecule has 2 atom stereocenters. The van der Waals surface area contributed by atoms with Gasteiger partial charge in [0.05, 0.1) is 6.07 Å². The highest BCUT2D eigenvalue weighted by Gasteiger charge is 2.14. The smallest absolute Gasteiger partial charge is 0.310 e. The predicted octanol–water partition coefficient (Wildman–Crippen LogP) is -1.49. The fourth-order valence-electron chi connectivity index (χ4n) is 0.634. The van der Waals surface area contributed by atoms with Crippen molar-refractivity contribution in [1.82, 2.24) is 10.6 Å². The topological polar surface area (TPSA) is 99.1 Å². The lowest BCUT2D eigenvalue weighted by atomic mass is 10.4. The zero-order valence-electron chi connectivity index (χ0n) is 8.57. The molecule has 0 radical (unpaired) electrons. The van der Waals surface area contributed by atoms with Crippen molar-refractivity contribution in [2.75, 3.05) is 19.3 Å². The molecule has 6 nitrogen and oxygen atoms in total. The van der Waals surface area contributed by atoms with Crippen LogP contribution in [-0.4, -0.2) is 40.6 Å². The maximum absolute atomic E-state index is 11.0. The van der Waals surface area contributed by atoms with Gasteiger partial charge in [-0.2, -0.15) is 5.26 Å². The van der Waals surface area contributed by atoms with Crippen LogP contribution in [0.15, 0.2) is 0 Å². The largest absolute Gasteiger partial charge is 0.347 e. The standard InChI is InChI=1S/C8H13N3O3S/c1-6(15(2)14)5-11-8(13)7(12)10-4-3-9/h6H,4-5H2,1-2H3,(H,10,12)(H,11,13). The lowest BCUT2D eigenvalue weighted by Gasteiger charge is -2.08. The summed E-state index contributed by atoms with van der Waals surface area (Å²) < 4.78 is 10.9. The normalized spacial score (nSPS) is 13.4. The van der Waals surface area contributed by atoms with E-state index in [0.29, 0.717) is 0 Å². The molecule has 0 aliphatic heterocycles. The summed E-state index contributed by atoms with van der Waals surface area (Å²) in [6.45, 7) is 1.66. The minimum Gasteiger partial charge on any atom is -0.347 e. The maximum Gasteiger partial charge on any atom is 0.310 e. The number of nitrogens with zero attached hydrogens (tertiary/aromatic N) is 1. The van der Waals surface area contributed by atoms with Crippen LogP contribution in [0.2, 0.25) is 0 Å². The molecule has 2 unspecified atom stereocenters. The zero-order valence-corrected chi connectivity index (χ0v) is 9.39. The van der Waals surface area contributed by atoms with Crippen LogP contribution < -0.4 is 10.6 Å². The molecule has 7 heteroatoms. The average molecular weight is 231 g/mol. The molecule has 84 valence electrons. The Morgan fingerprint density at radius 1 is 1.40 bits per heavy atom. The molecule has 2 N–H and O–H groups in total. The van der Waals surface area contributed by atoms with E-state index >= 15 is 0 Å². The fraction of sp³-hybridized carbons (Fsp3) is 0.625. The number of hydrogen-bond acceptors (Lipinski definition) is 4. The molecular formula is C8H13N3O3S. The van der Waals surface area contributed by atoms with E-state index in [1.165, 1.54) is 6.26 Å². The van der Waals surface area contributed by atoms with Gasteiger partial charge in [-0.25, -0.2) is 0 Å². The number of rotatable bonds is 4. The second-order valence-electron chi connectivity index (χ2n) is 2.86. The fourth-order valence-corrected chi connectivity index (χ4v) is 0.952. The molecule has 0 saturated carbocycles. The van der Waals surface area contributed by atoms with Gasteiger partial charge in [-0.15, -0.1) is 0 Å². The number of carbonyl (C=O) groups is 2. The lowest BCUT2D eigenvalue weighted by Crippen LogP contribution is -2.42. The number of nitriles is 1. The second-order valence-corrected chi connectivity index (χ2v) is 4.66. The number of amides is 2. The van der Waals surface area contributed by atoms with Crippen LogP contribution in [0.1, 0.15) is 6.92 Å². The van der Waals surface area contributed by atoms with Crippen LogP contribution in [0.4, 0.5) is 0 Å². The van der Waals surface area contributed by atoms with Gasteiger partial charge in [0, 0.05) is 28.9 Å². The highest BCUT2D eigenvalue weighted by atomic mass is 32.2. The molecule has 2 amide bonds. The van der Waals surface area contributed by atoms with Crippen molar-refractivity contribution in [2.24, 2.45) is 0 Å². The molecule has 0 saturated heterocycles. The lowest BCUT2D eigenvalue weighted by molar-refractivity contribution is -0.139. The average Bonchev–Trinajstić information content (AvgIpc) is 2.21. The summed E-state index contributed by atoms with van der Waals surface area (Å²) in [5.74, 6) is -1.67. The van der Waals surface area contributed by atoms with E-state index < -0.39 is 22.6 Å². The first-order valence-electron chi connectivity index (χ1n) is 4.24. The van der Waals surface area contributed by atoms with Gasteiger partial charge in [0.15, 0.2) is 0 Å². The second kappa shape index (κ2) is 6.95. The van der Waals surface area contributed by atoms with Crippen molar-refractivity contribution >= 4 is 22.6 Å². The van der Waals surface area contributed by atoms with E-state index in [4.69, 9.17) is 5.26 Å². The molecule has 0 aliphatic rings. The van der Waals surface area contributed by atoms with Crippen molar-refractivity contribution in [3.05, 3.63) is 0 Å². The van der Waals surface area contributed by atoms with Crippen molar-refractivity contribution in [1.29, 1.82) is 5.26 Å². The monoisotopic (exact) mass is 231 g/mol. The predicted molar refractivity (Wildman–Crippen MR) is 55.2 cm³/mol. The number of hydrogen-bond donors (Lipinski definition) is 2. The third kappa shape index (κ3) is 5.80. The highest BCUT2D eigenvalue weighted by molar-refractivity contribution is 7.84. The molecule has 0 fully saturated rings. The van der Waals surface area contributed by atoms with Gasteiger partial charge >= 0.3 is 11.8 Å². The quantitative estimate of drug-likeness (QED) is 0.455. The molecule has 0 spiro atoms. The molecule has 0 aromatic rings. The van der Waals surface area contributed by atoms with Crippen molar-refractivity contribution in [3.8, 4) is 6.07 Å².